The zero-order valence-electron chi connectivity index (χ0n) is 17.6. The van der Waals surface area contributed by atoms with Gasteiger partial charge in [-0.15, -0.1) is 10.2 Å². The van der Waals surface area contributed by atoms with Crippen molar-refractivity contribution in [1.29, 1.82) is 5.26 Å². The second kappa shape index (κ2) is 8.52. The van der Waals surface area contributed by atoms with E-state index in [2.05, 4.69) is 10.2 Å². The molecule has 11 heteroatoms. The largest absolute Gasteiger partial charge is 0.418 e. The van der Waals surface area contributed by atoms with Crippen LogP contribution in [0.2, 0.25) is 0 Å². The number of alkyl halides is 3. The fourth-order valence-corrected chi connectivity index (χ4v) is 5.47. The summed E-state index contributed by atoms with van der Waals surface area (Å²) in [7, 11) is -4.21. The van der Waals surface area contributed by atoms with Gasteiger partial charge in [-0.2, -0.15) is 18.4 Å². The van der Waals surface area contributed by atoms with Gasteiger partial charge in [-0.05, 0) is 49.6 Å². The number of nitriles is 1. The van der Waals surface area contributed by atoms with Crippen LogP contribution in [0.5, 0.6) is 0 Å². The number of aromatic nitrogens is 3. The van der Waals surface area contributed by atoms with Crippen molar-refractivity contribution in [2.45, 2.75) is 44.1 Å². The minimum absolute atomic E-state index is 0.0676. The molecule has 0 saturated heterocycles. The normalized spacial score (nSPS) is 12.9. The third kappa shape index (κ3) is 4.33. The van der Waals surface area contributed by atoms with Crippen LogP contribution in [0.3, 0.4) is 0 Å². The number of hydrogen-bond acceptors (Lipinski definition) is 6. The van der Waals surface area contributed by atoms with Gasteiger partial charge in [0.15, 0.2) is 4.91 Å². The summed E-state index contributed by atoms with van der Waals surface area (Å²) in [4.78, 5) is -0.562. The SMILES string of the molecule is Cc1nnc(S(=O)(=O)/C(C#N)=C/c2cc(C(C)C)n(-c3ccccc3C(F)(F)F)c2C)s1. The topological polar surface area (TPSA) is 88.6 Å². The number of aryl methyl sites for hydroxylation is 1. The number of nitrogens with zero attached hydrogens (tertiary/aromatic N) is 4. The van der Waals surface area contributed by atoms with Gasteiger partial charge in [-0.1, -0.05) is 37.3 Å². The summed E-state index contributed by atoms with van der Waals surface area (Å²) in [6.07, 6.45) is -3.41. The van der Waals surface area contributed by atoms with Crippen molar-refractivity contribution >= 4 is 27.3 Å². The van der Waals surface area contributed by atoms with Crippen molar-refractivity contribution < 1.29 is 21.6 Å². The van der Waals surface area contributed by atoms with Crippen LogP contribution < -0.4 is 0 Å². The maximum Gasteiger partial charge on any atom is 0.418 e. The molecular weight excluding hydrogens is 461 g/mol. The van der Waals surface area contributed by atoms with E-state index in [1.165, 1.54) is 28.8 Å². The zero-order chi connectivity index (χ0) is 23.8. The van der Waals surface area contributed by atoms with Crippen LogP contribution in [0, 0.1) is 25.2 Å². The zero-order valence-corrected chi connectivity index (χ0v) is 19.2. The number of allylic oxidation sites excluding steroid dienone is 1. The molecule has 0 atom stereocenters. The number of halogens is 3. The lowest BCUT2D eigenvalue weighted by molar-refractivity contribution is -0.137. The van der Waals surface area contributed by atoms with Gasteiger partial charge < -0.3 is 4.57 Å². The molecule has 3 aromatic rings. The molecule has 168 valence electrons. The Morgan fingerprint density at radius 2 is 1.88 bits per heavy atom. The van der Waals surface area contributed by atoms with E-state index in [0.29, 0.717) is 22.0 Å². The van der Waals surface area contributed by atoms with Crippen LogP contribution in [-0.2, 0) is 16.0 Å². The van der Waals surface area contributed by atoms with E-state index in [4.69, 9.17) is 0 Å². The van der Waals surface area contributed by atoms with E-state index in [9.17, 15) is 26.9 Å². The molecule has 0 fully saturated rings. The molecule has 0 aliphatic heterocycles. The number of sulfone groups is 1. The van der Waals surface area contributed by atoms with Crippen LogP contribution in [0.25, 0.3) is 11.8 Å². The first kappa shape index (κ1) is 23.7. The van der Waals surface area contributed by atoms with E-state index in [1.807, 2.05) is 13.8 Å². The molecule has 0 spiro atoms. The van der Waals surface area contributed by atoms with Crippen LogP contribution in [-0.4, -0.2) is 23.2 Å². The molecule has 0 unspecified atom stereocenters. The molecule has 0 radical (unpaired) electrons. The van der Waals surface area contributed by atoms with E-state index in [1.54, 1.807) is 26.0 Å². The summed E-state index contributed by atoms with van der Waals surface area (Å²) < 4.78 is 67.8. The minimum atomic E-state index is -4.57. The molecule has 0 aliphatic carbocycles. The molecule has 0 amide bonds. The highest BCUT2D eigenvalue weighted by Crippen LogP contribution is 2.37. The second-order valence-corrected chi connectivity index (χ2v) is 10.6. The fraction of sp³-hybridized carbons (Fsp3) is 0.286. The molecule has 3 rings (SSSR count). The number of para-hydroxylation sites is 1. The van der Waals surface area contributed by atoms with Crippen molar-refractivity contribution in [3.05, 3.63) is 62.8 Å². The highest BCUT2D eigenvalue weighted by Gasteiger charge is 2.35. The molecule has 0 aliphatic rings. The number of hydrogen-bond donors (Lipinski definition) is 0. The van der Waals surface area contributed by atoms with Crippen molar-refractivity contribution in [2.75, 3.05) is 0 Å². The summed E-state index contributed by atoms with van der Waals surface area (Å²) >= 11 is 0.836. The Morgan fingerprint density at radius 1 is 1.22 bits per heavy atom. The van der Waals surface area contributed by atoms with E-state index in [-0.39, 0.29) is 15.9 Å². The number of rotatable bonds is 5. The Labute approximate surface area is 187 Å². The highest BCUT2D eigenvalue weighted by atomic mass is 32.2. The lowest BCUT2D eigenvalue weighted by atomic mass is 10.1. The average Bonchev–Trinajstić information content (AvgIpc) is 3.29. The van der Waals surface area contributed by atoms with Crippen molar-refractivity contribution in [1.82, 2.24) is 14.8 Å². The van der Waals surface area contributed by atoms with Crippen LogP contribution in [0.4, 0.5) is 13.2 Å². The van der Waals surface area contributed by atoms with E-state index >= 15 is 0 Å². The summed E-state index contributed by atoms with van der Waals surface area (Å²) in [6.45, 7) is 6.81. The Balaban J connectivity index is 2.25. The standard InChI is InChI=1S/C21H19F3N4O2S2/c1-12(2)19-10-15(9-16(11-25)32(29,30)20-27-26-14(4)31-20)13(3)28(19)18-8-6-5-7-17(18)21(22,23)24/h5-10,12H,1-4H3/b16-9+. The van der Waals surface area contributed by atoms with Crippen LogP contribution in [0.15, 0.2) is 39.6 Å². The first-order valence-corrected chi connectivity index (χ1v) is 11.7. The first-order valence-electron chi connectivity index (χ1n) is 9.43. The van der Waals surface area contributed by atoms with Gasteiger partial charge in [0.1, 0.15) is 11.1 Å². The fourth-order valence-electron chi connectivity index (χ4n) is 3.24. The molecule has 32 heavy (non-hydrogen) atoms. The predicted octanol–water partition coefficient (Wildman–Crippen LogP) is 5.43. The molecule has 1 aromatic carbocycles. The monoisotopic (exact) mass is 480 g/mol. The van der Waals surface area contributed by atoms with Crippen LogP contribution >= 0.6 is 11.3 Å². The lowest BCUT2D eigenvalue weighted by Crippen LogP contribution is -2.13. The summed E-state index contributed by atoms with van der Waals surface area (Å²) in [5.41, 5.74) is 0.372. The quantitative estimate of drug-likeness (QED) is 0.455. The lowest BCUT2D eigenvalue weighted by Gasteiger charge is -2.19. The molecule has 0 N–H and O–H groups in total. The highest BCUT2D eigenvalue weighted by molar-refractivity contribution is 7.97. The average molecular weight is 481 g/mol. The second-order valence-electron chi connectivity index (χ2n) is 7.33. The smallest absolute Gasteiger partial charge is 0.317 e. The Bertz CT molecular complexity index is 1340. The molecule has 6 nitrogen and oxygen atoms in total. The van der Waals surface area contributed by atoms with Gasteiger partial charge in [0, 0.05) is 11.4 Å². The third-order valence-electron chi connectivity index (χ3n) is 4.78. The Kier molecular flexibility index (Phi) is 6.31. The maximum absolute atomic E-state index is 13.7. The maximum atomic E-state index is 13.7. The summed E-state index contributed by atoms with van der Waals surface area (Å²) in [5, 5.41) is 17.3. The molecule has 2 heterocycles. The predicted molar refractivity (Wildman–Crippen MR) is 115 cm³/mol. The Hall–Kier alpha value is -2.97. The summed E-state index contributed by atoms with van der Waals surface area (Å²) in [5.74, 6) is -0.176. The van der Waals surface area contributed by atoms with Gasteiger partial charge in [0.25, 0.3) is 0 Å². The van der Waals surface area contributed by atoms with E-state index in [0.717, 1.165) is 17.4 Å². The van der Waals surface area contributed by atoms with Gasteiger partial charge in [0.05, 0.1) is 11.3 Å². The van der Waals surface area contributed by atoms with Crippen molar-refractivity contribution in [2.24, 2.45) is 0 Å². The van der Waals surface area contributed by atoms with Gasteiger partial charge in [-0.25, -0.2) is 8.42 Å². The van der Waals surface area contributed by atoms with Gasteiger partial charge in [-0.3, -0.25) is 0 Å². The minimum Gasteiger partial charge on any atom is -0.317 e. The molecule has 2 aromatic heterocycles. The van der Waals surface area contributed by atoms with Crippen LogP contribution in [0.1, 0.15) is 47.3 Å². The Morgan fingerprint density at radius 3 is 2.41 bits per heavy atom. The number of benzene rings is 1. The van der Waals surface area contributed by atoms with Gasteiger partial charge in [0.2, 0.25) is 14.2 Å². The summed E-state index contributed by atoms with van der Waals surface area (Å²) in [6, 6.07) is 8.46. The molecular formula is C21H19F3N4O2S2. The molecule has 0 saturated carbocycles. The third-order valence-corrected chi connectivity index (χ3v) is 7.65. The van der Waals surface area contributed by atoms with Crippen molar-refractivity contribution in [3.63, 3.8) is 0 Å². The van der Waals surface area contributed by atoms with Crippen molar-refractivity contribution in [3.8, 4) is 11.8 Å². The van der Waals surface area contributed by atoms with Gasteiger partial charge >= 0.3 is 6.18 Å². The molecule has 0 bridgehead atoms. The first-order chi connectivity index (χ1) is 14.9. The van der Waals surface area contributed by atoms with E-state index < -0.39 is 26.5 Å².